The molecule has 1 aromatic heterocycles. The number of nitrogens with zero attached hydrogens (tertiary/aromatic N) is 1. The molecule has 0 aliphatic carbocycles. The largest absolute Gasteiger partial charge is 0.377 e. The van der Waals surface area contributed by atoms with E-state index in [1.165, 1.54) is 9.13 Å². The number of aryl methyl sites for hydroxylation is 1. The maximum Gasteiger partial charge on any atom is 0.250 e. The van der Waals surface area contributed by atoms with E-state index in [9.17, 15) is 4.79 Å². The molecule has 0 saturated heterocycles. The van der Waals surface area contributed by atoms with E-state index in [2.05, 4.69) is 66.0 Å². The Morgan fingerprint density at radius 1 is 1.20 bits per heavy atom. The number of hydrogen-bond donors (Lipinski definition) is 1. The lowest BCUT2D eigenvalue weighted by molar-refractivity contribution is 0.654. The van der Waals surface area contributed by atoms with Gasteiger partial charge in [0.25, 0.3) is 5.56 Å². The molecular formula is C16H19IN2O. The molecule has 106 valence electrons. The summed E-state index contributed by atoms with van der Waals surface area (Å²) in [5.74, 6) is 0. The molecule has 1 heterocycles. The van der Waals surface area contributed by atoms with Crippen molar-refractivity contribution in [3.05, 3.63) is 62.1 Å². The number of pyridine rings is 1. The zero-order valence-electron chi connectivity index (χ0n) is 11.8. The average molecular weight is 382 g/mol. The predicted octanol–water partition coefficient (Wildman–Crippen LogP) is 4.04. The van der Waals surface area contributed by atoms with E-state index in [1.54, 1.807) is 10.6 Å². The van der Waals surface area contributed by atoms with Gasteiger partial charge in [-0.1, -0.05) is 19.1 Å². The molecule has 0 bridgehead atoms. The molecule has 1 unspecified atom stereocenters. The van der Waals surface area contributed by atoms with Crippen LogP contribution in [0.2, 0.25) is 0 Å². The molecule has 0 radical (unpaired) electrons. The minimum Gasteiger partial charge on any atom is -0.377 e. The fraction of sp³-hybridized carbons (Fsp3) is 0.312. The molecule has 1 atom stereocenters. The van der Waals surface area contributed by atoms with Crippen molar-refractivity contribution in [1.29, 1.82) is 0 Å². The van der Waals surface area contributed by atoms with Gasteiger partial charge in [-0.15, -0.1) is 0 Å². The highest BCUT2D eigenvalue weighted by Crippen LogP contribution is 2.19. The third-order valence-electron chi connectivity index (χ3n) is 3.20. The van der Waals surface area contributed by atoms with Crippen LogP contribution in [0.4, 0.5) is 5.69 Å². The summed E-state index contributed by atoms with van der Waals surface area (Å²) < 4.78 is 2.98. The zero-order valence-corrected chi connectivity index (χ0v) is 13.9. The first-order valence-corrected chi connectivity index (χ1v) is 7.90. The highest BCUT2D eigenvalue weighted by Gasteiger charge is 2.06. The lowest BCUT2D eigenvalue weighted by Gasteiger charge is -2.17. The normalized spacial score (nSPS) is 12.2. The fourth-order valence-corrected chi connectivity index (χ4v) is 2.48. The lowest BCUT2D eigenvalue weighted by Crippen LogP contribution is -2.19. The molecule has 0 saturated carbocycles. The maximum absolute atomic E-state index is 11.7. The van der Waals surface area contributed by atoms with Crippen LogP contribution in [-0.2, 0) is 6.54 Å². The van der Waals surface area contributed by atoms with Crippen LogP contribution in [0, 0.1) is 3.57 Å². The molecule has 4 heteroatoms. The second kappa shape index (κ2) is 6.92. The first kappa shape index (κ1) is 15.1. The van der Waals surface area contributed by atoms with E-state index < -0.39 is 0 Å². The van der Waals surface area contributed by atoms with Crippen molar-refractivity contribution in [3.63, 3.8) is 0 Å². The van der Waals surface area contributed by atoms with Crippen LogP contribution in [0.25, 0.3) is 0 Å². The SMILES string of the molecule is CCCn1cc(NC(C)c2ccc(I)cc2)ccc1=O. The Kier molecular flexibility index (Phi) is 5.23. The van der Waals surface area contributed by atoms with Crippen LogP contribution in [0.1, 0.15) is 31.9 Å². The topological polar surface area (TPSA) is 34.0 Å². The van der Waals surface area contributed by atoms with E-state index in [1.807, 2.05) is 12.3 Å². The molecule has 1 aromatic carbocycles. The summed E-state index contributed by atoms with van der Waals surface area (Å²) in [6.45, 7) is 4.95. The first-order valence-electron chi connectivity index (χ1n) is 6.82. The molecule has 3 nitrogen and oxygen atoms in total. The van der Waals surface area contributed by atoms with Gasteiger partial charge in [-0.25, -0.2) is 0 Å². The first-order chi connectivity index (χ1) is 9.60. The highest BCUT2D eigenvalue weighted by molar-refractivity contribution is 14.1. The van der Waals surface area contributed by atoms with Crippen molar-refractivity contribution in [2.24, 2.45) is 0 Å². The van der Waals surface area contributed by atoms with E-state index in [0.717, 1.165) is 18.7 Å². The molecule has 20 heavy (non-hydrogen) atoms. The minimum atomic E-state index is 0.0549. The Hall–Kier alpha value is -1.30. The standard InChI is InChI=1S/C16H19IN2O/c1-3-10-19-11-15(8-9-16(19)20)18-12(2)13-4-6-14(17)7-5-13/h4-9,11-12,18H,3,10H2,1-2H3. The van der Waals surface area contributed by atoms with Crippen LogP contribution in [-0.4, -0.2) is 4.57 Å². The van der Waals surface area contributed by atoms with Crippen LogP contribution in [0.15, 0.2) is 47.4 Å². The molecule has 0 amide bonds. The number of benzene rings is 1. The zero-order chi connectivity index (χ0) is 14.5. The van der Waals surface area contributed by atoms with Crippen LogP contribution < -0.4 is 10.9 Å². The summed E-state index contributed by atoms with van der Waals surface area (Å²) >= 11 is 2.30. The average Bonchev–Trinajstić information content (AvgIpc) is 2.43. The molecule has 1 N–H and O–H groups in total. The van der Waals surface area contributed by atoms with E-state index in [-0.39, 0.29) is 11.6 Å². The fourth-order valence-electron chi connectivity index (χ4n) is 2.12. The van der Waals surface area contributed by atoms with Crippen molar-refractivity contribution >= 4 is 28.3 Å². The van der Waals surface area contributed by atoms with Gasteiger partial charge in [0.05, 0.1) is 5.69 Å². The summed E-state index contributed by atoms with van der Waals surface area (Å²) in [6, 6.07) is 12.1. The van der Waals surface area contributed by atoms with Gasteiger partial charge >= 0.3 is 0 Å². The molecule has 0 fully saturated rings. The summed E-state index contributed by atoms with van der Waals surface area (Å²) in [4.78, 5) is 11.7. The van der Waals surface area contributed by atoms with Crippen molar-refractivity contribution in [2.45, 2.75) is 32.9 Å². The number of hydrogen-bond acceptors (Lipinski definition) is 2. The third-order valence-corrected chi connectivity index (χ3v) is 3.92. The van der Waals surface area contributed by atoms with Gasteiger partial charge < -0.3 is 9.88 Å². The van der Waals surface area contributed by atoms with Gasteiger partial charge in [0.1, 0.15) is 0 Å². The van der Waals surface area contributed by atoms with Crippen molar-refractivity contribution < 1.29 is 0 Å². The molecule has 2 rings (SSSR count). The Morgan fingerprint density at radius 3 is 2.55 bits per heavy atom. The van der Waals surface area contributed by atoms with Crippen molar-refractivity contribution in [1.82, 2.24) is 4.57 Å². The van der Waals surface area contributed by atoms with Crippen LogP contribution in [0.3, 0.4) is 0 Å². The van der Waals surface area contributed by atoms with E-state index in [0.29, 0.717) is 0 Å². The smallest absolute Gasteiger partial charge is 0.250 e. The van der Waals surface area contributed by atoms with Gasteiger partial charge in [-0.2, -0.15) is 0 Å². The highest BCUT2D eigenvalue weighted by atomic mass is 127. The molecule has 0 spiro atoms. The Balaban J connectivity index is 2.15. The van der Waals surface area contributed by atoms with Gasteiger partial charge in [0.15, 0.2) is 0 Å². The van der Waals surface area contributed by atoms with E-state index >= 15 is 0 Å². The van der Waals surface area contributed by atoms with Crippen LogP contribution >= 0.6 is 22.6 Å². The van der Waals surface area contributed by atoms with Crippen molar-refractivity contribution in [3.8, 4) is 0 Å². The summed E-state index contributed by atoms with van der Waals surface area (Å²) in [5, 5.41) is 3.44. The molecule has 0 aliphatic rings. The molecular weight excluding hydrogens is 363 g/mol. The van der Waals surface area contributed by atoms with Gasteiger partial charge in [0, 0.05) is 28.4 Å². The lowest BCUT2D eigenvalue weighted by atomic mass is 10.1. The molecule has 2 aromatic rings. The molecule has 0 aliphatic heterocycles. The summed E-state index contributed by atoms with van der Waals surface area (Å²) in [5.41, 5.74) is 2.27. The number of halogens is 1. The number of nitrogens with one attached hydrogen (secondary N) is 1. The Labute approximate surface area is 133 Å². The second-order valence-corrected chi connectivity index (χ2v) is 6.11. The summed E-state index contributed by atoms with van der Waals surface area (Å²) in [7, 11) is 0. The summed E-state index contributed by atoms with van der Waals surface area (Å²) in [6.07, 6.45) is 2.85. The quantitative estimate of drug-likeness (QED) is 0.793. The number of anilines is 1. The van der Waals surface area contributed by atoms with Gasteiger partial charge in [-0.3, -0.25) is 4.79 Å². The van der Waals surface area contributed by atoms with Gasteiger partial charge in [-0.05, 0) is 59.7 Å². The Morgan fingerprint density at radius 2 is 1.90 bits per heavy atom. The number of rotatable bonds is 5. The maximum atomic E-state index is 11.7. The van der Waals surface area contributed by atoms with Gasteiger partial charge in [0.2, 0.25) is 0 Å². The monoisotopic (exact) mass is 382 g/mol. The third kappa shape index (κ3) is 3.85. The second-order valence-electron chi connectivity index (χ2n) is 4.87. The minimum absolute atomic E-state index is 0.0549. The predicted molar refractivity (Wildman–Crippen MR) is 92.2 cm³/mol. The van der Waals surface area contributed by atoms with Crippen LogP contribution in [0.5, 0.6) is 0 Å². The Bertz CT molecular complexity index is 619. The van der Waals surface area contributed by atoms with Crippen molar-refractivity contribution in [2.75, 3.05) is 5.32 Å². The van der Waals surface area contributed by atoms with E-state index in [4.69, 9.17) is 0 Å². The number of aromatic nitrogens is 1.